The second-order valence-corrected chi connectivity index (χ2v) is 11.7. The monoisotopic (exact) mass is 453 g/mol. The predicted octanol–water partition coefficient (Wildman–Crippen LogP) is 9.18. The van der Waals surface area contributed by atoms with Gasteiger partial charge in [0.1, 0.15) is 6.79 Å². The lowest BCUT2D eigenvalue weighted by molar-refractivity contribution is -0.0979. The van der Waals surface area contributed by atoms with Gasteiger partial charge in [-0.2, -0.15) is 0 Å². The van der Waals surface area contributed by atoms with Gasteiger partial charge >= 0.3 is 0 Å². The molecule has 0 heterocycles. The van der Waals surface area contributed by atoms with E-state index in [1.54, 1.807) is 0 Å². The molecule has 2 aromatic carbocycles. The van der Waals surface area contributed by atoms with Crippen molar-refractivity contribution in [3.05, 3.63) is 64.7 Å². The van der Waals surface area contributed by atoms with Gasteiger partial charge in [0.2, 0.25) is 0 Å². The summed E-state index contributed by atoms with van der Waals surface area (Å²) in [6, 6.07) is 15.9. The second kappa shape index (κ2) is 14.2. The summed E-state index contributed by atoms with van der Waals surface area (Å²) in [6.07, 6.45) is 3.60. The number of benzene rings is 2. The summed E-state index contributed by atoms with van der Waals surface area (Å²) < 4.78 is 0. The van der Waals surface area contributed by atoms with Crippen LogP contribution in [0, 0.1) is 17.8 Å². The topological polar surface area (TPSA) is 29.1 Å². The van der Waals surface area contributed by atoms with E-state index in [2.05, 4.69) is 117 Å². The highest BCUT2D eigenvalue weighted by Crippen LogP contribution is 2.43. The van der Waals surface area contributed by atoms with Crippen molar-refractivity contribution in [1.29, 1.82) is 0 Å². The minimum absolute atomic E-state index is 0.312. The van der Waals surface area contributed by atoms with Crippen molar-refractivity contribution in [2.75, 3.05) is 12.4 Å². The maximum atomic E-state index is 8.00. The molecule has 1 N–H and O–H groups in total. The van der Waals surface area contributed by atoms with Gasteiger partial charge < -0.3 is 10.1 Å². The van der Waals surface area contributed by atoms with Crippen LogP contribution in [0.1, 0.15) is 109 Å². The largest absolute Gasteiger partial charge is 0.388 e. The lowest BCUT2D eigenvalue weighted by Gasteiger charge is -2.36. The van der Waals surface area contributed by atoms with Crippen LogP contribution in [0.3, 0.4) is 0 Å². The zero-order valence-electron chi connectivity index (χ0n) is 23.4. The number of aryl methyl sites for hydroxylation is 2. The lowest BCUT2D eigenvalue weighted by atomic mass is 9.69. The summed E-state index contributed by atoms with van der Waals surface area (Å²) in [6.45, 7) is 24.9. The Balaban J connectivity index is 0.000000627. The van der Waals surface area contributed by atoms with E-state index in [1.165, 1.54) is 40.8 Å². The maximum Gasteiger partial charge on any atom is 0.106 e. The zero-order valence-corrected chi connectivity index (χ0v) is 23.4. The van der Waals surface area contributed by atoms with E-state index < -0.39 is 0 Å². The van der Waals surface area contributed by atoms with E-state index in [0.29, 0.717) is 22.7 Å². The Kier molecular flexibility index (Phi) is 13.3. The van der Waals surface area contributed by atoms with Gasteiger partial charge in [0.15, 0.2) is 0 Å². The van der Waals surface area contributed by atoms with Gasteiger partial charge in [-0.1, -0.05) is 105 Å². The summed E-state index contributed by atoms with van der Waals surface area (Å²) in [4.78, 5) is 8.00. The molecule has 2 rings (SSSR count). The van der Waals surface area contributed by atoms with Crippen molar-refractivity contribution in [3.8, 4) is 0 Å². The minimum Gasteiger partial charge on any atom is -0.388 e. The molecule has 0 aliphatic rings. The molecule has 0 bridgehead atoms. The fourth-order valence-corrected chi connectivity index (χ4v) is 4.06. The first-order chi connectivity index (χ1) is 15.3. The van der Waals surface area contributed by atoms with Crippen LogP contribution >= 0.6 is 0 Å². The molecule has 0 fully saturated rings. The summed E-state index contributed by atoms with van der Waals surface area (Å²) in [7, 11) is 1.98. The molecule has 2 heteroatoms. The summed E-state index contributed by atoms with van der Waals surface area (Å²) in [5, 5.41) is 3.22. The van der Waals surface area contributed by atoms with Gasteiger partial charge in [-0.15, -0.1) is 0 Å². The average molecular weight is 454 g/mol. The van der Waals surface area contributed by atoms with Gasteiger partial charge in [-0.3, -0.25) is 0 Å². The van der Waals surface area contributed by atoms with E-state index in [9.17, 15) is 0 Å². The van der Waals surface area contributed by atoms with E-state index in [0.717, 1.165) is 6.42 Å². The molecular formula is C31H51NO. The van der Waals surface area contributed by atoms with E-state index in [-0.39, 0.29) is 0 Å². The molecule has 1 atom stereocenters. The van der Waals surface area contributed by atoms with Crippen LogP contribution in [0.25, 0.3) is 0 Å². The number of hydrogen-bond donors (Lipinski definition) is 1. The third-order valence-electron chi connectivity index (χ3n) is 5.92. The number of rotatable bonds is 6. The number of hydrogen-bond acceptors (Lipinski definition) is 2. The number of carbonyl (C=O) groups excluding carboxylic acids is 1. The zero-order chi connectivity index (χ0) is 25.8. The van der Waals surface area contributed by atoms with Gasteiger partial charge in [0.25, 0.3) is 0 Å². The standard InChI is InChI=1S/C19H32.C11H17N.CH2O/c1-14(2)15-9-11-16(12-10-15)17(19(6,7)8)13-18(3,4)5;1-4-5-10-7-6-9(2)8-11(10)12-3;1-2/h9-12,14,17H,13H2,1-8H3;6-8,12H,4-5H2,1-3H3;1H2. The first-order valence-electron chi connectivity index (χ1n) is 12.4. The Morgan fingerprint density at radius 3 is 1.79 bits per heavy atom. The van der Waals surface area contributed by atoms with Gasteiger partial charge in [0, 0.05) is 12.7 Å². The molecule has 186 valence electrons. The smallest absolute Gasteiger partial charge is 0.106 e. The number of anilines is 1. The van der Waals surface area contributed by atoms with Crippen LogP contribution in [0.2, 0.25) is 0 Å². The fraction of sp³-hybridized carbons (Fsp3) is 0.581. The third kappa shape index (κ3) is 11.6. The molecule has 0 aromatic heterocycles. The Morgan fingerprint density at radius 1 is 0.879 bits per heavy atom. The van der Waals surface area contributed by atoms with Crippen LogP contribution < -0.4 is 5.32 Å². The summed E-state index contributed by atoms with van der Waals surface area (Å²) in [5.74, 6) is 1.23. The normalized spacial score (nSPS) is 12.2. The van der Waals surface area contributed by atoms with E-state index in [1.807, 2.05) is 13.8 Å². The lowest BCUT2D eigenvalue weighted by Crippen LogP contribution is -2.23. The van der Waals surface area contributed by atoms with Crippen LogP contribution in [-0.2, 0) is 11.2 Å². The molecule has 33 heavy (non-hydrogen) atoms. The Bertz CT molecular complexity index is 791. The van der Waals surface area contributed by atoms with Crippen molar-refractivity contribution in [3.63, 3.8) is 0 Å². The average Bonchev–Trinajstić information content (AvgIpc) is 2.74. The van der Waals surface area contributed by atoms with Gasteiger partial charge in [-0.25, -0.2) is 0 Å². The molecule has 0 spiro atoms. The Hall–Kier alpha value is -2.09. The SMILES string of the molecule is C=O.CC(C)c1ccc(C(CC(C)(C)C)C(C)(C)C)cc1.CCCc1ccc(C)cc1NC. The molecule has 0 radical (unpaired) electrons. The van der Waals surface area contributed by atoms with Crippen molar-refractivity contribution in [2.24, 2.45) is 10.8 Å². The van der Waals surface area contributed by atoms with Crippen molar-refractivity contribution in [2.45, 2.75) is 100 Å². The molecule has 0 saturated heterocycles. The summed E-state index contributed by atoms with van der Waals surface area (Å²) in [5.41, 5.74) is 7.63. The Morgan fingerprint density at radius 2 is 1.39 bits per heavy atom. The van der Waals surface area contributed by atoms with E-state index in [4.69, 9.17) is 4.79 Å². The summed E-state index contributed by atoms with van der Waals surface area (Å²) >= 11 is 0. The molecule has 0 aliphatic heterocycles. The van der Waals surface area contributed by atoms with Crippen LogP contribution in [0.5, 0.6) is 0 Å². The van der Waals surface area contributed by atoms with Crippen LogP contribution in [-0.4, -0.2) is 13.8 Å². The third-order valence-corrected chi connectivity index (χ3v) is 5.92. The first-order valence-corrected chi connectivity index (χ1v) is 12.4. The minimum atomic E-state index is 0.312. The molecule has 2 nitrogen and oxygen atoms in total. The van der Waals surface area contributed by atoms with Gasteiger partial charge in [0.05, 0.1) is 0 Å². The predicted molar refractivity (Wildman–Crippen MR) is 149 cm³/mol. The number of carbonyl (C=O) groups is 1. The molecule has 2 aromatic rings. The highest BCUT2D eigenvalue weighted by atomic mass is 16.1. The Labute approximate surface area is 205 Å². The molecule has 0 amide bonds. The number of nitrogens with one attached hydrogen (secondary N) is 1. The molecule has 0 aliphatic carbocycles. The highest BCUT2D eigenvalue weighted by Gasteiger charge is 2.30. The molecule has 1 unspecified atom stereocenters. The van der Waals surface area contributed by atoms with Crippen LogP contribution in [0.15, 0.2) is 42.5 Å². The van der Waals surface area contributed by atoms with Crippen molar-refractivity contribution in [1.82, 2.24) is 0 Å². The maximum absolute atomic E-state index is 8.00. The first kappa shape index (κ1) is 30.9. The second-order valence-electron chi connectivity index (χ2n) is 11.7. The molecule has 0 saturated carbocycles. The molecular weight excluding hydrogens is 402 g/mol. The quantitative estimate of drug-likeness (QED) is 0.472. The van der Waals surface area contributed by atoms with Crippen molar-refractivity contribution >= 4 is 12.5 Å². The highest BCUT2D eigenvalue weighted by molar-refractivity contribution is 5.52. The fourth-order valence-electron chi connectivity index (χ4n) is 4.06. The van der Waals surface area contributed by atoms with E-state index >= 15 is 0 Å². The van der Waals surface area contributed by atoms with Gasteiger partial charge in [-0.05, 0) is 70.8 Å². The van der Waals surface area contributed by atoms with Crippen LogP contribution in [0.4, 0.5) is 5.69 Å². The van der Waals surface area contributed by atoms with Crippen molar-refractivity contribution < 1.29 is 4.79 Å².